The van der Waals surface area contributed by atoms with E-state index in [0.717, 1.165) is 24.6 Å². The van der Waals surface area contributed by atoms with Crippen LogP contribution in [0.25, 0.3) is 22.2 Å². The summed E-state index contributed by atoms with van der Waals surface area (Å²) >= 11 is 5.94. The first-order valence-corrected chi connectivity index (χ1v) is 12.8. The standard InChI is InChI=1S/C25H20ClF2N3O4S/c1-3-10-36(34,35)31(14(2)32)21-9-8-20(27)22(23(21)28)24(33)19-13-30-25-18(19)11-16(12-29-25)15-4-6-17(26)7-5-15/h4-9,11-13H,3,10H2,1-2H3,(H,29,30). The molecule has 11 heteroatoms. The Balaban J connectivity index is 1.84. The van der Waals surface area contributed by atoms with Gasteiger partial charge in [0.2, 0.25) is 21.7 Å². The van der Waals surface area contributed by atoms with Gasteiger partial charge < -0.3 is 4.98 Å². The van der Waals surface area contributed by atoms with Crippen molar-refractivity contribution < 1.29 is 26.8 Å². The Kier molecular flexibility index (Phi) is 6.92. The van der Waals surface area contributed by atoms with Gasteiger partial charge >= 0.3 is 0 Å². The van der Waals surface area contributed by atoms with Crippen LogP contribution < -0.4 is 4.31 Å². The Morgan fingerprint density at radius 3 is 2.42 bits per heavy atom. The Morgan fingerprint density at radius 1 is 1.08 bits per heavy atom. The number of amides is 1. The zero-order valence-corrected chi connectivity index (χ0v) is 20.8. The number of H-pyrrole nitrogens is 1. The van der Waals surface area contributed by atoms with Gasteiger partial charge in [-0.3, -0.25) is 9.59 Å². The lowest BCUT2D eigenvalue weighted by molar-refractivity contribution is -0.115. The van der Waals surface area contributed by atoms with E-state index in [4.69, 9.17) is 11.6 Å². The van der Waals surface area contributed by atoms with Gasteiger partial charge in [0.05, 0.1) is 17.0 Å². The fourth-order valence-corrected chi connectivity index (χ4v) is 5.55. The summed E-state index contributed by atoms with van der Waals surface area (Å²) in [7, 11) is -4.25. The molecule has 7 nitrogen and oxygen atoms in total. The van der Waals surface area contributed by atoms with Gasteiger partial charge in [-0.2, -0.15) is 0 Å². The third-order valence-corrected chi connectivity index (χ3v) is 7.68. The predicted molar refractivity (Wildman–Crippen MR) is 134 cm³/mol. The Bertz CT molecular complexity index is 1600. The number of anilines is 1. The number of halogens is 3. The van der Waals surface area contributed by atoms with E-state index in [1.165, 1.54) is 6.20 Å². The number of carbonyl (C=O) groups is 2. The molecule has 0 unspecified atom stereocenters. The molecule has 2 aromatic heterocycles. The van der Waals surface area contributed by atoms with Crippen LogP contribution in [0.5, 0.6) is 0 Å². The van der Waals surface area contributed by atoms with Gasteiger partial charge in [-0.15, -0.1) is 0 Å². The number of pyridine rings is 1. The summed E-state index contributed by atoms with van der Waals surface area (Å²) in [5.74, 6) is -5.12. The van der Waals surface area contributed by atoms with E-state index in [0.29, 0.717) is 21.6 Å². The molecule has 186 valence electrons. The zero-order valence-electron chi connectivity index (χ0n) is 19.2. The first-order valence-electron chi connectivity index (χ1n) is 10.8. The first-order chi connectivity index (χ1) is 17.0. The number of rotatable bonds is 7. The Morgan fingerprint density at radius 2 is 1.78 bits per heavy atom. The average Bonchev–Trinajstić information content (AvgIpc) is 3.24. The maximum Gasteiger partial charge on any atom is 0.241 e. The van der Waals surface area contributed by atoms with Crippen LogP contribution in [0.3, 0.4) is 0 Å². The van der Waals surface area contributed by atoms with Crippen LogP contribution in [-0.4, -0.2) is 35.8 Å². The average molecular weight is 532 g/mol. The number of sulfonamides is 1. The van der Waals surface area contributed by atoms with Crippen molar-refractivity contribution in [2.75, 3.05) is 10.1 Å². The van der Waals surface area contributed by atoms with Crippen LogP contribution in [0.4, 0.5) is 14.5 Å². The van der Waals surface area contributed by atoms with Gasteiger partial charge in [0.25, 0.3) is 0 Å². The second-order valence-corrected chi connectivity index (χ2v) is 10.4. The van der Waals surface area contributed by atoms with Gasteiger partial charge in [0, 0.05) is 40.9 Å². The molecule has 0 saturated heterocycles. The number of hydrogen-bond acceptors (Lipinski definition) is 5. The molecule has 36 heavy (non-hydrogen) atoms. The van der Waals surface area contributed by atoms with Crippen LogP contribution in [0.15, 0.2) is 54.9 Å². The zero-order chi connectivity index (χ0) is 26.2. The van der Waals surface area contributed by atoms with E-state index < -0.39 is 50.4 Å². The highest BCUT2D eigenvalue weighted by molar-refractivity contribution is 7.93. The number of nitrogens with one attached hydrogen (secondary N) is 1. The molecule has 0 atom stereocenters. The molecule has 0 bridgehead atoms. The fourth-order valence-electron chi connectivity index (χ4n) is 3.90. The van der Waals surface area contributed by atoms with Crippen molar-refractivity contribution in [2.45, 2.75) is 20.3 Å². The van der Waals surface area contributed by atoms with Crippen LogP contribution in [0.2, 0.25) is 5.02 Å². The van der Waals surface area contributed by atoms with Crippen LogP contribution >= 0.6 is 11.6 Å². The number of aromatic nitrogens is 2. The lowest BCUT2D eigenvalue weighted by Gasteiger charge is -2.22. The van der Waals surface area contributed by atoms with E-state index in [1.807, 2.05) is 0 Å². The summed E-state index contributed by atoms with van der Waals surface area (Å²) in [6.07, 6.45) is 3.01. The molecule has 0 aliphatic heterocycles. The molecule has 0 aliphatic rings. The fraction of sp³-hybridized carbons (Fsp3) is 0.160. The number of carbonyl (C=O) groups excluding carboxylic acids is 2. The molecule has 1 amide bonds. The smallest absolute Gasteiger partial charge is 0.241 e. The maximum atomic E-state index is 15.6. The quantitative estimate of drug-likeness (QED) is 0.318. The van der Waals surface area contributed by atoms with E-state index in [-0.39, 0.29) is 16.3 Å². The van der Waals surface area contributed by atoms with Gasteiger partial charge in [-0.1, -0.05) is 30.7 Å². The summed E-state index contributed by atoms with van der Waals surface area (Å²) in [4.78, 5) is 32.6. The van der Waals surface area contributed by atoms with Crippen molar-refractivity contribution in [2.24, 2.45) is 0 Å². The molecule has 4 aromatic rings. The third-order valence-electron chi connectivity index (χ3n) is 5.50. The van der Waals surface area contributed by atoms with Gasteiger partial charge in [-0.25, -0.2) is 26.5 Å². The van der Waals surface area contributed by atoms with Crippen molar-refractivity contribution in [1.29, 1.82) is 0 Å². The minimum atomic E-state index is -4.25. The normalized spacial score (nSPS) is 11.6. The Labute approximate surface area is 210 Å². The SMILES string of the molecule is CCCS(=O)(=O)N(C(C)=O)c1ccc(F)c(C(=O)c2c[nH]c3ncc(-c4ccc(Cl)cc4)cc23)c1F. The molecular weight excluding hydrogens is 512 g/mol. The van der Waals surface area contributed by atoms with E-state index in [1.54, 1.807) is 43.5 Å². The number of aromatic amines is 1. The molecule has 0 fully saturated rings. The molecule has 2 heterocycles. The highest BCUT2D eigenvalue weighted by Gasteiger charge is 2.32. The van der Waals surface area contributed by atoms with Crippen LogP contribution in [0.1, 0.15) is 36.2 Å². The summed E-state index contributed by atoms with van der Waals surface area (Å²) in [6, 6.07) is 10.1. The van der Waals surface area contributed by atoms with Crippen molar-refractivity contribution in [3.05, 3.63) is 82.6 Å². The minimum Gasteiger partial charge on any atom is -0.345 e. The van der Waals surface area contributed by atoms with E-state index >= 15 is 4.39 Å². The van der Waals surface area contributed by atoms with Crippen LogP contribution in [0, 0.1) is 11.6 Å². The lowest BCUT2D eigenvalue weighted by atomic mass is 9.99. The van der Waals surface area contributed by atoms with Crippen molar-refractivity contribution in [3.63, 3.8) is 0 Å². The number of ketones is 1. The number of hydrogen-bond donors (Lipinski definition) is 1. The highest BCUT2D eigenvalue weighted by Crippen LogP contribution is 2.32. The van der Waals surface area contributed by atoms with E-state index in [2.05, 4.69) is 9.97 Å². The van der Waals surface area contributed by atoms with Gasteiger partial charge in [0.15, 0.2) is 5.82 Å². The summed E-state index contributed by atoms with van der Waals surface area (Å²) in [5.41, 5.74) is -0.0800. The summed E-state index contributed by atoms with van der Waals surface area (Å²) in [5, 5.41) is 0.843. The number of benzene rings is 2. The van der Waals surface area contributed by atoms with Crippen molar-refractivity contribution in [3.8, 4) is 11.1 Å². The third kappa shape index (κ3) is 4.61. The molecule has 0 saturated carbocycles. The van der Waals surface area contributed by atoms with Crippen molar-refractivity contribution in [1.82, 2.24) is 9.97 Å². The second kappa shape index (κ2) is 9.79. The molecule has 4 rings (SSSR count). The van der Waals surface area contributed by atoms with E-state index in [9.17, 15) is 22.4 Å². The predicted octanol–water partition coefficient (Wildman–Crippen LogP) is 5.49. The Hall–Kier alpha value is -3.63. The monoisotopic (exact) mass is 531 g/mol. The maximum absolute atomic E-state index is 15.6. The molecule has 0 radical (unpaired) electrons. The van der Waals surface area contributed by atoms with Crippen LogP contribution in [-0.2, 0) is 14.8 Å². The molecular formula is C25H20ClF2N3O4S. The second-order valence-electron chi connectivity index (χ2n) is 8.01. The molecule has 2 aromatic carbocycles. The lowest BCUT2D eigenvalue weighted by Crippen LogP contribution is -2.37. The summed E-state index contributed by atoms with van der Waals surface area (Å²) in [6.45, 7) is 2.52. The number of nitrogens with zero attached hydrogens (tertiary/aromatic N) is 2. The minimum absolute atomic E-state index is 0.0750. The highest BCUT2D eigenvalue weighted by atomic mass is 35.5. The molecule has 0 aliphatic carbocycles. The molecule has 1 N–H and O–H groups in total. The topological polar surface area (TPSA) is 100 Å². The first kappa shape index (κ1) is 25.5. The van der Waals surface area contributed by atoms with Crippen molar-refractivity contribution >= 4 is 50.0 Å². The largest absolute Gasteiger partial charge is 0.345 e. The van der Waals surface area contributed by atoms with Gasteiger partial charge in [-0.05, 0) is 42.3 Å². The molecule has 0 spiro atoms. The summed E-state index contributed by atoms with van der Waals surface area (Å²) < 4.78 is 55.9. The number of fused-ring (bicyclic) bond motifs is 1. The van der Waals surface area contributed by atoms with Gasteiger partial charge in [0.1, 0.15) is 11.5 Å².